The Balaban J connectivity index is 2.39. The summed E-state index contributed by atoms with van der Waals surface area (Å²) in [5.74, 6) is 0. The van der Waals surface area contributed by atoms with Crippen molar-refractivity contribution in [3.05, 3.63) is 12.3 Å². The minimum atomic E-state index is 0.384. The van der Waals surface area contributed by atoms with Crippen molar-refractivity contribution in [3.8, 4) is 0 Å². The first kappa shape index (κ1) is 2.76. The number of hydrogen-bond acceptors (Lipinski definition) is 1. The van der Waals surface area contributed by atoms with Crippen LogP contribution in [-0.4, -0.2) is 6.10 Å². The van der Waals surface area contributed by atoms with Crippen molar-refractivity contribution in [3.63, 3.8) is 0 Å². The van der Waals surface area contributed by atoms with Crippen LogP contribution in [0.3, 0.4) is 0 Å². The Kier molecular flexibility index (Phi) is 0.411. The highest BCUT2D eigenvalue weighted by molar-refractivity contribution is 4.90. The fourth-order valence-electron chi connectivity index (χ4n) is 0.236. The molecule has 0 aromatic rings. The van der Waals surface area contributed by atoms with Gasteiger partial charge in [0.1, 0.15) is 6.10 Å². The lowest BCUT2D eigenvalue weighted by Gasteiger charge is -2.12. The van der Waals surface area contributed by atoms with Crippen LogP contribution in [0.2, 0.25) is 0 Å². The summed E-state index contributed by atoms with van der Waals surface area (Å²) in [6.45, 7) is 2.00. The highest BCUT2D eigenvalue weighted by Gasteiger charge is 1.98. The quantitative estimate of drug-likeness (QED) is 0.411. The lowest BCUT2D eigenvalue weighted by Crippen LogP contribution is -2.06. The van der Waals surface area contributed by atoms with Gasteiger partial charge in [-0.05, 0) is 13.0 Å². The van der Waals surface area contributed by atoms with Crippen molar-refractivity contribution in [2.24, 2.45) is 0 Å². The maximum absolute atomic E-state index is 4.75. The summed E-state index contributed by atoms with van der Waals surface area (Å²) in [4.78, 5) is 0. The topological polar surface area (TPSA) is 9.23 Å². The maximum atomic E-state index is 4.75. The molecule has 0 spiro atoms. The van der Waals surface area contributed by atoms with Crippen molar-refractivity contribution in [1.82, 2.24) is 0 Å². The van der Waals surface area contributed by atoms with E-state index in [1.807, 2.05) is 13.0 Å². The van der Waals surface area contributed by atoms with Gasteiger partial charge in [-0.15, -0.1) is 0 Å². The predicted octanol–water partition coefficient (Wildman–Crippen LogP) is 0.919. The lowest BCUT2D eigenvalue weighted by molar-refractivity contribution is 0.156. The summed E-state index contributed by atoms with van der Waals surface area (Å²) in [7, 11) is 0. The second-order valence-corrected chi connectivity index (χ2v) is 1.17. The van der Waals surface area contributed by atoms with Crippen LogP contribution in [0.5, 0.6) is 0 Å². The van der Waals surface area contributed by atoms with Crippen LogP contribution in [0.15, 0.2) is 12.3 Å². The van der Waals surface area contributed by atoms with E-state index < -0.39 is 0 Å². The van der Waals surface area contributed by atoms with E-state index in [4.69, 9.17) is 4.74 Å². The molecule has 1 rings (SSSR count). The Morgan fingerprint density at radius 2 is 2.20 bits per heavy atom. The van der Waals surface area contributed by atoms with Crippen LogP contribution in [0.4, 0.5) is 0 Å². The van der Waals surface area contributed by atoms with Crippen molar-refractivity contribution in [2.75, 3.05) is 0 Å². The van der Waals surface area contributed by atoms with Crippen molar-refractivity contribution in [2.45, 2.75) is 13.0 Å². The highest BCUT2D eigenvalue weighted by atomic mass is 16.5. The first-order chi connectivity index (χ1) is 2.39. The van der Waals surface area contributed by atoms with Gasteiger partial charge in [0, 0.05) is 0 Å². The zero-order chi connectivity index (χ0) is 3.70. The molecule has 0 amide bonds. The van der Waals surface area contributed by atoms with E-state index in [0.29, 0.717) is 6.10 Å². The van der Waals surface area contributed by atoms with E-state index in [0.717, 1.165) is 0 Å². The molecule has 5 heavy (non-hydrogen) atoms. The monoisotopic (exact) mass is 70.0 g/mol. The molecule has 0 aliphatic carbocycles. The summed E-state index contributed by atoms with van der Waals surface area (Å²) in [6, 6.07) is 0. The first-order valence-corrected chi connectivity index (χ1v) is 1.72. The molecule has 1 heterocycles. The molecule has 0 radical (unpaired) electrons. The van der Waals surface area contributed by atoms with E-state index >= 15 is 0 Å². The number of hydrogen-bond donors (Lipinski definition) is 0. The molecule has 0 aromatic heterocycles. The third kappa shape index (κ3) is 0.274. The smallest absolute Gasteiger partial charge is 0.116 e. The summed E-state index contributed by atoms with van der Waals surface area (Å²) < 4.78 is 4.75. The zero-order valence-electron chi connectivity index (χ0n) is 3.14. The van der Waals surface area contributed by atoms with Gasteiger partial charge in [0.2, 0.25) is 0 Å². The van der Waals surface area contributed by atoms with Gasteiger partial charge in [0.05, 0.1) is 6.26 Å². The minimum absolute atomic E-state index is 0.384. The largest absolute Gasteiger partial charge is 0.494 e. The number of rotatable bonds is 0. The fourth-order valence-corrected chi connectivity index (χ4v) is 0.236. The van der Waals surface area contributed by atoms with Crippen molar-refractivity contribution in [1.29, 1.82) is 0 Å². The Morgan fingerprint density at radius 1 is 1.80 bits per heavy atom. The van der Waals surface area contributed by atoms with Gasteiger partial charge in [-0.25, -0.2) is 0 Å². The van der Waals surface area contributed by atoms with E-state index in [2.05, 4.69) is 0 Å². The van der Waals surface area contributed by atoms with Crippen LogP contribution in [0, 0.1) is 0 Å². The molecule has 0 aromatic carbocycles. The van der Waals surface area contributed by atoms with E-state index in [9.17, 15) is 0 Å². The van der Waals surface area contributed by atoms with Gasteiger partial charge in [-0.2, -0.15) is 0 Å². The van der Waals surface area contributed by atoms with Crippen molar-refractivity contribution >= 4 is 0 Å². The Labute approximate surface area is 31.3 Å². The van der Waals surface area contributed by atoms with Gasteiger partial charge < -0.3 is 4.74 Å². The second-order valence-electron chi connectivity index (χ2n) is 1.17. The Hall–Kier alpha value is -0.460. The van der Waals surface area contributed by atoms with Crippen LogP contribution < -0.4 is 0 Å². The third-order valence-electron chi connectivity index (χ3n) is 0.643. The molecule has 1 aliphatic rings. The van der Waals surface area contributed by atoms with Crippen LogP contribution in [-0.2, 0) is 4.74 Å². The van der Waals surface area contributed by atoms with Gasteiger partial charge in [0.15, 0.2) is 0 Å². The molecular weight excluding hydrogens is 64.0 g/mol. The fraction of sp³-hybridized carbons (Fsp3) is 0.500. The van der Waals surface area contributed by atoms with E-state index in [-0.39, 0.29) is 0 Å². The minimum Gasteiger partial charge on any atom is -0.494 e. The predicted molar refractivity (Wildman–Crippen MR) is 19.7 cm³/mol. The average Bonchev–Trinajstić information content (AvgIpc) is 1.30. The average molecular weight is 70.1 g/mol. The first-order valence-electron chi connectivity index (χ1n) is 1.72. The second kappa shape index (κ2) is 0.744. The summed E-state index contributed by atoms with van der Waals surface area (Å²) >= 11 is 0. The molecular formula is C4H6O. The van der Waals surface area contributed by atoms with Gasteiger partial charge >= 0.3 is 0 Å². The molecule has 0 saturated heterocycles. The molecule has 1 nitrogen and oxygen atoms in total. The summed E-state index contributed by atoms with van der Waals surface area (Å²) in [6.07, 6.45) is 4.08. The molecule has 0 fully saturated rings. The normalized spacial score (nSPS) is 31.8. The van der Waals surface area contributed by atoms with E-state index in [1.165, 1.54) is 0 Å². The Morgan fingerprint density at radius 3 is 2.20 bits per heavy atom. The van der Waals surface area contributed by atoms with Gasteiger partial charge in [0.25, 0.3) is 0 Å². The zero-order valence-corrected chi connectivity index (χ0v) is 3.14. The molecule has 0 N–H and O–H groups in total. The summed E-state index contributed by atoms with van der Waals surface area (Å²) in [5, 5.41) is 0. The standard InChI is InChI=1S/C4H6O/c1-4-2-3-5-4/h2-4H,1H3/t4-/m1/s1. The lowest BCUT2D eigenvalue weighted by atomic mass is 10.3. The van der Waals surface area contributed by atoms with Gasteiger partial charge in [-0.3, -0.25) is 0 Å². The number of ether oxygens (including phenoxy) is 1. The molecule has 0 bridgehead atoms. The summed E-state index contributed by atoms with van der Waals surface area (Å²) in [5.41, 5.74) is 0. The third-order valence-corrected chi connectivity index (χ3v) is 0.643. The SMILES string of the molecule is C[C@@H]1C=CO1. The Bertz CT molecular complexity index is 56.7. The van der Waals surface area contributed by atoms with E-state index in [1.54, 1.807) is 6.26 Å². The van der Waals surface area contributed by atoms with Crippen LogP contribution >= 0.6 is 0 Å². The maximum Gasteiger partial charge on any atom is 0.116 e. The molecule has 1 heteroatoms. The molecule has 1 atom stereocenters. The molecule has 0 unspecified atom stereocenters. The van der Waals surface area contributed by atoms with Crippen LogP contribution in [0.1, 0.15) is 6.92 Å². The molecule has 0 saturated carbocycles. The molecule has 28 valence electrons. The molecule has 1 aliphatic heterocycles. The van der Waals surface area contributed by atoms with Crippen LogP contribution in [0.25, 0.3) is 0 Å². The van der Waals surface area contributed by atoms with Gasteiger partial charge in [-0.1, -0.05) is 0 Å². The van der Waals surface area contributed by atoms with Crippen molar-refractivity contribution < 1.29 is 4.74 Å². The highest BCUT2D eigenvalue weighted by Crippen LogP contribution is 2.02.